The van der Waals surface area contributed by atoms with Crippen molar-refractivity contribution in [3.05, 3.63) is 52.4 Å². The monoisotopic (exact) mass is 327 g/mol. The Morgan fingerprint density at radius 2 is 1.87 bits per heavy atom. The van der Waals surface area contributed by atoms with Gasteiger partial charge in [0.15, 0.2) is 0 Å². The van der Waals surface area contributed by atoms with Crippen molar-refractivity contribution in [3.63, 3.8) is 0 Å². The van der Waals surface area contributed by atoms with Crippen LogP contribution in [0.2, 0.25) is 0 Å². The number of hydrogen-bond donors (Lipinski definition) is 0. The Labute approximate surface area is 125 Å². The van der Waals surface area contributed by atoms with Crippen LogP contribution in [-0.2, 0) is 4.79 Å². The minimum Gasteiger partial charge on any atom is -0.545 e. The number of carboxylic acid groups (broad SMARTS) is 1. The molecule has 2 aromatic rings. The number of rotatable bonds is 3. The highest BCUT2D eigenvalue weighted by Gasteiger charge is 2.38. The number of hydrogen-bond acceptors (Lipinski definition) is 6. The Kier molecular flexibility index (Phi) is 3.96. The maximum Gasteiger partial charge on any atom is 0.422 e. The van der Waals surface area contributed by atoms with Gasteiger partial charge in [0.2, 0.25) is 0 Å². The van der Waals surface area contributed by atoms with Crippen molar-refractivity contribution in [1.82, 2.24) is 0 Å². The molecule has 9 heteroatoms. The Bertz CT molecular complexity index is 878. The number of halogens is 3. The van der Waals surface area contributed by atoms with E-state index in [1.807, 2.05) is 0 Å². The summed E-state index contributed by atoms with van der Waals surface area (Å²) < 4.78 is 46.1. The molecule has 6 nitrogen and oxygen atoms in total. The molecule has 0 bridgehead atoms. The van der Waals surface area contributed by atoms with Crippen molar-refractivity contribution in [2.24, 2.45) is 0 Å². The SMILES string of the molecule is C=C(C(=O)Oc1ccc2cc(C(=O)[O-])c(=O)oc2c1)C(F)(F)F. The van der Waals surface area contributed by atoms with E-state index in [0.717, 1.165) is 18.2 Å². The van der Waals surface area contributed by atoms with Crippen LogP contribution in [0.15, 0.2) is 45.6 Å². The number of carbonyl (C=O) groups is 2. The highest BCUT2D eigenvalue weighted by molar-refractivity contribution is 5.92. The number of alkyl halides is 3. The standard InChI is InChI=1S/C14H7F3O6/c1-6(14(15,16)17)12(20)22-8-3-2-7-4-9(11(18)19)13(21)23-10(7)5-8/h2-5H,1H2,(H,18,19)/p-1. The van der Waals surface area contributed by atoms with Gasteiger partial charge < -0.3 is 19.1 Å². The number of carboxylic acids is 1. The summed E-state index contributed by atoms with van der Waals surface area (Å²) in [6.45, 7) is 2.58. The van der Waals surface area contributed by atoms with Crippen LogP contribution in [0.25, 0.3) is 11.0 Å². The minimum absolute atomic E-state index is 0.151. The lowest BCUT2D eigenvalue weighted by molar-refractivity contribution is -0.255. The summed E-state index contributed by atoms with van der Waals surface area (Å²) in [5, 5.41) is 10.8. The molecule has 0 fully saturated rings. The molecule has 1 heterocycles. The van der Waals surface area contributed by atoms with E-state index in [1.54, 1.807) is 0 Å². The topological polar surface area (TPSA) is 96.6 Å². The van der Waals surface area contributed by atoms with E-state index >= 15 is 0 Å². The third kappa shape index (κ3) is 3.39. The Morgan fingerprint density at radius 3 is 2.43 bits per heavy atom. The van der Waals surface area contributed by atoms with Crippen molar-refractivity contribution in [2.75, 3.05) is 0 Å². The summed E-state index contributed by atoms with van der Waals surface area (Å²) in [7, 11) is 0. The van der Waals surface area contributed by atoms with Gasteiger partial charge in [0, 0.05) is 11.5 Å². The highest BCUT2D eigenvalue weighted by Crippen LogP contribution is 2.27. The third-order valence-electron chi connectivity index (χ3n) is 2.73. The van der Waals surface area contributed by atoms with Gasteiger partial charge >= 0.3 is 17.8 Å². The molecule has 0 aliphatic rings. The van der Waals surface area contributed by atoms with Crippen LogP contribution < -0.4 is 15.5 Å². The van der Waals surface area contributed by atoms with Crippen LogP contribution >= 0.6 is 0 Å². The summed E-state index contributed by atoms with van der Waals surface area (Å²) in [4.78, 5) is 33.4. The van der Waals surface area contributed by atoms with E-state index < -0.39 is 34.9 Å². The molecule has 0 saturated heterocycles. The molecule has 0 saturated carbocycles. The van der Waals surface area contributed by atoms with Crippen LogP contribution in [0.5, 0.6) is 5.75 Å². The average molecular weight is 327 g/mol. The van der Waals surface area contributed by atoms with E-state index in [1.165, 1.54) is 6.07 Å². The van der Waals surface area contributed by atoms with E-state index in [4.69, 9.17) is 4.42 Å². The lowest BCUT2D eigenvalue weighted by Crippen LogP contribution is -2.28. The summed E-state index contributed by atoms with van der Waals surface area (Å²) in [5.41, 5.74) is -3.80. The molecule has 0 unspecified atom stereocenters. The first-order valence-electron chi connectivity index (χ1n) is 5.87. The minimum atomic E-state index is -4.94. The average Bonchev–Trinajstić information content (AvgIpc) is 2.44. The summed E-state index contributed by atoms with van der Waals surface area (Å²) in [5.74, 6) is -3.79. The zero-order valence-electron chi connectivity index (χ0n) is 11.1. The molecule has 0 aliphatic heterocycles. The van der Waals surface area contributed by atoms with E-state index in [9.17, 15) is 32.7 Å². The Balaban J connectivity index is 2.36. The van der Waals surface area contributed by atoms with E-state index in [-0.39, 0.29) is 16.7 Å². The summed E-state index contributed by atoms with van der Waals surface area (Å²) >= 11 is 0. The van der Waals surface area contributed by atoms with E-state index in [2.05, 4.69) is 11.3 Å². The van der Waals surface area contributed by atoms with Crippen LogP contribution in [0, 0.1) is 0 Å². The van der Waals surface area contributed by atoms with Gasteiger partial charge in [-0.2, -0.15) is 13.2 Å². The molecule has 0 amide bonds. The van der Waals surface area contributed by atoms with E-state index in [0.29, 0.717) is 0 Å². The van der Waals surface area contributed by atoms with Crippen molar-refractivity contribution < 1.29 is 37.0 Å². The second-order valence-corrected chi connectivity index (χ2v) is 4.30. The maximum atomic E-state index is 12.3. The summed E-state index contributed by atoms with van der Waals surface area (Å²) in [6, 6.07) is 4.24. The number of carbonyl (C=O) groups excluding carboxylic acids is 2. The van der Waals surface area contributed by atoms with Crippen molar-refractivity contribution >= 4 is 22.9 Å². The van der Waals surface area contributed by atoms with Crippen molar-refractivity contribution in [3.8, 4) is 5.75 Å². The second-order valence-electron chi connectivity index (χ2n) is 4.30. The molecule has 0 N–H and O–H groups in total. The normalized spacial score (nSPS) is 11.3. The molecule has 0 aliphatic carbocycles. The van der Waals surface area contributed by atoms with Crippen LogP contribution in [0.4, 0.5) is 13.2 Å². The van der Waals surface area contributed by atoms with Crippen LogP contribution in [-0.4, -0.2) is 18.1 Å². The van der Waals surface area contributed by atoms with Crippen molar-refractivity contribution in [1.29, 1.82) is 0 Å². The largest absolute Gasteiger partial charge is 0.545 e. The Morgan fingerprint density at radius 1 is 1.22 bits per heavy atom. The lowest BCUT2D eigenvalue weighted by atomic mass is 10.2. The fraction of sp³-hybridized carbons (Fsp3) is 0.0714. The first-order chi connectivity index (χ1) is 10.6. The predicted octanol–water partition coefficient (Wildman–Crippen LogP) is 1.18. The number of aromatic carboxylic acids is 1. The third-order valence-corrected chi connectivity index (χ3v) is 2.73. The number of benzene rings is 1. The van der Waals surface area contributed by atoms with Gasteiger partial charge in [0.25, 0.3) is 0 Å². The van der Waals surface area contributed by atoms with Gasteiger partial charge in [-0.25, -0.2) is 9.59 Å². The zero-order valence-corrected chi connectivity index (χ0v) is 11.1. The van der Waals surface area contributed by atoms with Gasteiger partial charge in [0.1, 0.15) is 16.9 Å². The van der Waals surface area contributed by atoms with Crippen LogP contribution in [0.3, 0.4) is 0 Å². The first kappa shape index (κ1) is 16.3. The smallest absolute Gasteiger partial charge is 0.422 e. The van der Waals surface area contributed by atoms with Gasteiger partial charge in [-0.05, 0) is 18.2 Å². The van der Waals surface area contributed by atoms with Gasteiger partial charge in [-0.1, -0.05) is 6.58 Å². The molecule has 120 valence electrons. The Hall–Kier alpha value is -3.10. The maximum absolute atomic E-state index is 12.3. The molecule has 23 heavy (non-hydrogen) atoms. The molecule has 0 radical (unpaired) electrons. The van der Waals surface area contributed by atoms with Gasteiger partial charge in [-0.3, -0.25) is 0 Å². The fourth-order valence-corrected chi connectivity index (χ4v) is 1.58. The fourth-order valence-electron chi connectivity index (χ4n) is 1.58. The number of esters is 1. The summed E-state index contributed by atoms with van der Waals surface area (Å²) in [6.07, 6.45) is -4.94. The zero-order chi connectivity index (χ0) is 17.4. The number of ether oxygens (including phenoxy) is 1. The first-order valence-corrected chi connectivity index (χ1v) is 5.87. The van der Waals surface area contributed by atoms with Crippen LogP contribution in [0.1, 0.15) is 10.4 Å². The molecule has 0 spiro atoms. The molecular weight excluding hydrogens is 321 g/mol. The highest BCUT2D eigenvalue weighted by atomic mass is 19.4. The molecule has 2 rings (SSSR count). The van der Waals surface area contributed by atoms with Gasteiger partial charge in [-0.15, -0.1) is 0 Å². The van der Waals surface area contributed by atoms with Gasteiger partial charge in [0.05, 0.1) is 11.5 Å². The second kappa shape index (κ2) is 5.59. The molecular formula is C14H6F3O6-. The lowest BCUT2D eigenvalue weighted by Gasteiger charge is -2.10. The quantitative estimate of drug-likeness (QED) is 0.363. The molecule has 1 aromatic carbocycles. The molecule has 0 atom stereocenters. The predicted molar refractivity (Wildman–Crippen MR) is 67.6 cm³/mol. The number of fused-ring (bicyclic) bond motifs is 1. The van der Waals surface area contributed by atoms with Crippen molar-refractivity contribution in [2.45, 2.75) is 6.18 Å². The molecule has 1 aromatic heterocycles.